The van der Waals surface area contributed by atoms with E-state index < -0.39 is 0 Å². The lowest BCUT2D eigenvalue weighted by atomic mass is 10.1. The second-order valence-corrected chi connectivity index (χ2v) is 4.73. The Bertz CT molecular complexity index is 382. The van der Waals surface area contributed by atoms with Crippen molar-refractivity contribution in [1.82, 2.24) is 5.32 Å². The van der Waals surface area contributed by atoms with E-state index in [4.69, 9.17) is 14.2 Å². The second kappa shape index (κ2) is 9.61. The highest BCUT2D eigenvalue weighted by Gasteiger charge is 2.12. The van der Waals surface area contributed by atoms with Gasteiger partial charge in [-0.05, 0) is 32.4 Å². The van der Waals surface area contributed by atoms with Crippen molar-refractivity contribution in [3.05, 3.63) is 23.8 Å². The molecule has 1 aromatic rings. The third-order valence-corrected chi connectivity index (χ3v) is 3.20. The van der Waals surface area contributed by atoms with E-state index in [2.05, 4.69) is 25.2 Å². The van der Waals surface area contributed by atoms with Crippen molar-refractivity contribution in [3.8, 4) is 11.5 Å². The van der Waals surface area contributed by atoms with Crippen molar-refractivity contribution in [2.45, 2.75) is 32.7 Å². The molecule has 1 N–H and O–H groups in total. The van der Waals surface area contributed by atoms with Crippen LogP contribution in [-0.2, 0) is 4.74 Å². The highest BCUT2D eigenvalue weighted by Crippen LogP contribution is 2.29. The van der Waals surface area contributed by atoms with Crippen LogP contribution in [0.3, 0.4) is 0 Å². The maximum atomic E-state index is 5.92. The molecule has 0 radical (unpaired) electrons. The molecular weight excluding hydrogens is 254 g/mol. The number of methoxy groups -OCH3 is 2. The summed E-state index contributed by atoms with van der Waals surface area (Å²) in [6.45, 7) is 6.65. The van der Waals surface area contributed by atoms with Crippen molar-refractivity contribution in [1.29, 1.82) is 0 Å². The molecule has 1 atom stereocenters. The normalized spacial score (nSPS) is 12.2. The molecule has 0 fully saturated rings. The van der Waals surface area contributed by atoms with Crippen LogP contribution >= 0.6 is 0 Å². The smallest absolute Gasteiger partial charge is 0.127 e. The van der Waals surface area contributed by atoms with Gasteiger partial charge in [-0.1, -0.05) is 13.0 Å². The van der Waals surface area contributed by atoms with Gasteiger partial charge in [0.1, 0.15) is 11.5 Å². The number of hydrogen-bond donors (Lipinski definition) is 1. The molecule has 0 aliphatic heterocycles. The number of hydrogen-bond acceptors (Lipinski definition) is 4. The first kappa shape index (κ1) is 16.8. The molecule has 0 saturated carbocycles. The van der Waals surface area contributed by atoms with Crippen LogP contribution in [0.4, 0.5) is 0 Å². The highest BCUT2D eigenvalue weighted by molar-refractivity contribution is 5.42. The molecule has 0 bridgehead atoms. The Kier molecular flexibility index (Phi) is 8.07. The molecule has 0 amide bonds. The third kappa shape index (κ3) is 5.39. The van der Waals surface area contributed by atoms with Crippen LogP contribution in [-0.4, -0.2) is 34.0 Å². The minimum absolute atomic E-state index is 0.264. The van der Waals surface area contributed by atoms with E-state index in [1.165, 1.54) is 5.56 Å². The van der Waals surface area contributed by atoms with Gasteiger partial charge in [0.25, 0.3) is 0 Å². The first-order valence-electron chi connectivity index (χ1n) is 7.26. The maximum absolute atomic E-state index is 5.92. The summed E-state index contributed by atoms with van der Waals surface area (Å²) < 4.78 is 16.2. The van der Waals surface area contributed by atoms with Gasteiger partial charge in [-0.2, -0.15) is 0 Å². The van der Waals surface area contributed by atoms with Gasteiger partial charge in [-0.15, -0.1) is 0 Å². The zero-order chi connectivity index (χ0) is 14.8. The first-order valence-corrected chi connectivity index (χ1v) is 7.26. The van der Waals surface area contributed by atoms with Gasteiger partial charge in [-0.25, -0.2) is 0 Å². The number of benzene rings is 1. The third-order valence-electron chi connectivity index (χ3n) is 3.20. The minimum atomic E-state index is 0.264. The van der Waals surface area contributed by atoms with Crippen LogP contribution in [0.15, 0.2) is 18.2 Å². The zero-order valence-corrected chi connectivity index (χ0v) is 13.1. The Morgan fingerprint density at radius 3 is 2.55 bits per heavy atom. The second-order valence-electron chi connectivity index (χ2n) is 4.73. The average Bonchev–Trinajstić information content (AvgIpc) is 2.47. The largest absolute Gasteiger partial charge is 0.497 e. The summed E-state index contributed by atoms with van der Waals surface area (Å²) in [7, 11) is 3.39. The Labute approximate surface area is 122 Å². The molecule has 0 spiro atoms. The first-order chi connectivity index (χ1) is 9.72. The summed E-state index contributed by atoms with van der Waals surface area (Å²) in [5.74, 6) is 1.72. The van der Waals surface area contributed by atoms with E-state index in [0.29, 0.717) is 6.61 Å². The van der Waals surface area contributed by atoms with Gasteiger partial charge in [0, 0.05) is 31.4 Å². The van der Waals surface area contributed by atoms with Crippen LogP contribution < -0.4 is 14.8 Å². The van der Waals surface area contributed by atoms with Crippen molar-refractivity contribution >= 4 is 0 Å². The molecular formula is C16H27NO3. The van der Waals surface area contributed by atoms with Crippen molar-refractivity contribution < 1.29 is 14.2 Å². The summed E-state index contributed by atoms with van der Waals surface area (Å²) in [6.07, 6.45) is 2.00. The molecule has 114 valence electrons. The van der Waals surface area contributed by atoms with E-state index in [-0.39, 0.29) is 6.04 Å². The van der Waals surface area contributed by atoms with Crippen LogP contribution in [0.25, 0.3) is 0 Å². The average molecular weight is 281 g/mol. The molecule has 4 nitrogen and oxygen atoms in total. The molecule has 0 saturated heterocycles. The van der Waals surface area contributed by atoms with Gasteiger partial charge in [0.05, 0.1) is 13.7 Å². The molecule has 0 aliphatic carbocycles. The fourth-order valence-electron chi connectivity index (χ4n) is 2.07. The van der Waals surface area contributed by atoms with E-state index in [9.17, 15) is 0 Å². The predicted octanol–water partition coefficient (Wildman–Crippen LogP) is 3.17. The Morgan fingerprint density at radius 2 is 1.90 bits per heavy atom. The highest BCUT2D eigenvalue weighted by atomic mass is 16.5. The zero-order valence-electron chi connectivity index (χ0n) is 13.1. The SMILES string of the molecule is CCNC(C)c1ccc(OC)cc1OCCCCOC. The standard InChI is InChI=1S/C16H27NO3/c1-5-17-13(2)15-9-8-14(19-4)12-16(15)20-11-7-6-10-18-3/h8-9,12-13,17H,5-7,10-11H2,1-4H3. The molecule has 20 heavy (non-hydrogen) atoms. The lowest BCUT2D eigenvalue weighted by molar-refractivity contribution is 0.183. The van der Waals surface area contributed by atoms with Crippen LogP contribution in [0, 0.1) is 0 Å². The van der Waals surface area contributed by atoms with E-state index in [1.807, 2.05) is 12.1 Å². The van der Waals surface area contributed by atoms with Gasteiger partial charge in [0.2, 0.25) is 0 Å². The summed E-state index contributed by atoms with van der Waals surface area (Å²) in [4.78, 5) is 0. The van der Waals surface area contributed by atoms with E-state index in [1.54, 1.807) is 14.2 Å². The van der Waals surface area contributed by atoms with Gasteiger partial charge < -0.3 is 19.5 Å². The summed E-state index contributed by atoms with van der Waals surface area (Å²) in [5.41, 5.74) is 1.17. The van der Waals surface area contributed by atoms with Gasteiger partial charge in [0.15, 0.2) is 0 Å². The number of unbranched alkanes of at least 4 members (excludes halogenated alkanes) is 1. The van der Waals surface area contributed by atoms with Crippen molar-refractivity contribution in [2.24, 2.45) is 0 Å². The van der Waals surface area contributed by atoms with Crippen LogP contribution in [0.2, 0.25) is 0 Å². The van der Waals surface area contributed by atoms with Crippen molar-refractivity contribution in [3.63, 3.8) is 0 Å². The minimum Gasteiger partial charge on any atom is -0.497 e. The quantitative estimate of drug-likeness (QED) is 0.669. The van der Waals surface area contributed by atoms with E-state index in [0.717, 1.165) is 37.5 Å². The Balaban J connectivity index is 2.68. The van der Waals surface area contributed by atoms with Gasteiger partial charge >= 0.3 is 0 Å². The van der Waals surface area contributed by atoms with Crippen molar-refractivity contribution in [2.75, 3.05) is 34.0 Å². The molecule has 1 rings (SSSR count). The van der Waals surface area contributed by atoms with E-state index >= 15 is 0 Å². The summed E-state index contributed by atoms with van der Waals surface area (Å²) in [6, 6.07) is 6.26. The molecule has 0 aromatic heterocycles. The molecule has 1 aromatic carbocycles. The molecule has 4 heteroatoms. The lowest BCUT2D eigenvalue weighted by Gasteiger charge is -2.18. The molecule has 0 heterocycles. The Morgan fingerprint density at radius 1 is 1.15 bits per heavy atom. The van der Waals surface area contributed by atoms with Gasteiger partial charge in [-0.3, -0.25) is 0 Å². The van der Waals surface area contributed by atoms with Crippen LogP contribution in [0.1, 0.15) is 38.3 Å². The fourth-order valence-corrected chi connectivity index (χ4v) is 2.07. The lowest BCUT2D eigenvalue weighted by Crippen LogP contribution is -2.18. The summed E-state index contributed by atoms with van der Waals surface area (Å²) in [5, 5.41) is 3.41. The number of ether oxygens (including phenoxy) is 3. The maximum Gasteiger partial charge on any atom is 0.127 e. The topological polar surface area (TPSA) is 39.7 Å². The monoisotopic (exact) mass is 281 g/mol. The number of nitrogens with one attached hydrogen (secondary N) is 1. The predicted molar refractivity (Wildman–Crippen MR) is 81.7 cm³/mol. The fraction of sp³-hybridized carbons (Fsp3) is 0.625. The molecule has 0 aliphatic rings. The number of rotatable bonds is 10. The van der Waals surface area contributed by atoms with Crippen LogP contribution in [0.5, 0.6) is 11.5 Å². The summed E-state index contributed by atoms with van der Waals surface area (Å²) >= 11 is 0. The molecule has 1 unspecified atom stereocenters. The Hall–Kier alpha value is -1.26.